The molecule has 2 fully saturated rings. The van der Waals surface area contributed by atoms with Crippen molar-refractivity contribution in [1.29, 1.82) is 0 Å². The van der Waals surface area contributed by atoms with E-state index in [1.807, 2.05) is 44.2 Å². The van der Waals surface area contributed by atoms with Crippen LogP contribution in [0.4, 0.5) is 26.3 Å². The van der Waals surface area contributed by atoms with Crippen molar-refractivity contribution in [3.8, 4) is 23.0 Å². The first kappa shape index (κ1) is 33.2. The molecule has 4 nitrogen and oxygen atoms in total. The Morgan fingerprint density at radius 3 is 1.29 bits per heavy atom. The Morgan fingerprint density at radius 1 is 0.511 bits per heavy atom. The van der Waals surface area contributed by atoms with E-state index in [0.29, 0.717) is 35.5 Å². The maximum atomic E-state index is 13.4. The third kappa shape index (κ3) is 8.95. The van der Waals surface area contributed by atoms with Crippen LogP contribution >= 0.6 is 0 Å². The zero-order chi connectivity index (χ0) is 32.3. The molecule has 0 heterocycles. The fraction of sp³-hybridized carbons (Fsp3) is 0.471. The van der Waals surface area contributed by atoms with E-state index in [2.05, 4.69) is 9.47 Å². The van der Waals surface area contributed by atoms with Gasteiger partial charge in [-0.15, -0.1) is 26.3 Å². The van der Waals surface area contributed by atoms with Crippen molar-refractivity contribution in [2.24, 2.45) is 0 Å². The van der Waals surface area contributed by atoms with Gasteiger partial charge in [-0.1, -0.05) is 31.0 Å². The fourth-order valence-corrected chi connectivity index (χ4v) is 8.21. The molecule has 3 aromatic carbocycles. The lowest BCUT2D eigenvalue weighted by molar-refractivity contribution is -0.276. The lowest BCUT2D eigenvalue weighted by atomic mass is 9.86. The number of halogens is 6. The summed E-state index contributed by atoms with van der Waals surface area (Å²) < 4.78 is 102. The van der Waals surface area contributed by atoms with Gasteiger partial charge in [0.2, 0.25) is 0 Å². The summed E-state index contributed by atoms with van der Waals surface area (Å²) in [6.45, 7) is 3.78. The van der Waals surface area contributed by atoms with Crippen LogP contribution in [0.25, 0.3) is 0 Å². The molecule has 2 aliphatic rings. The van der Waals surface area contributed by atoms with Gasteiger partial charge >= 0.3 is 12.7 Å². The Balaban J connectivity index is 1.61. The molecule has 45 heavy (non-hydrogen) atoms. The van der Waals surface area contributed by atoms with Crippen molar-refractivity contribution in [2.75, 3.05) is 0 Å². The lowest BCUT2D eigenvalue weighted by Gasteiger charge is -2.35. The number of hydrogen-bond acceptors (Lipinski definition) is 4. The Bertz CT molecular complexity index is 1340. The molecule has 0 aromatic heterocycles. The number of rotatable bonds is 9. The molecule has 0 bridgehead atoms. The third-order valence-corrected chi connectivity index (χ3v) is 10.5. The second kappa shape index (κ2) is 13.3. The molecular weight excluding hydrogens is 618 g/mol. The highest BCUT2D eigenvalue weighted by Gasteiger charge is 2.39. The normalized spacial score (nSPS) is 18.3. The van der Waals surface area contributed by atoms with Crippen molar-refractivity contribution in [3.05, 3.63) is 66.7 Å². The van der Waals surface area contributed by atoms with Crippen molar-refractivity contribution in [1.82, 2.24) is 0 Å². The fourth-order valence-electron chi connectivity index (χ4n) is 6.11. The number of benzene rings is 3. The van der Waals surface area contributed by atoms with E-state index in [9.17, 15) is 26.3 Å². The molecule has 5 rings (SSSR count). The van der Waals surface area contributed by atoms with Gasteiger partial charge in [0.25, 0.3) is 0 Å². The maximum absolute atomic E-state index is 13.4. The van der Waals surface area contributed by atoms with Crippen LogP contribution in [-0.4, -0.2) is 23.9 Å². The van der Waals surface area contributed by atoms with Crippen LogP contribution in [0.3, 0.4) is 0 Å². The molecule has 0 spiro atoms. The minimum atomic E-state index is -4.93. The SMILES string of the molecule is CC1(Oc2cc([S+](c3ccccc3)c3ccc(OC(F)(F)F)c(OC4(C)CCCCC4)c3)ccc2OC(F)(F)F)CCCCC1. The van der Waals surface area contributed by atoms with E-state index < -0.39 is 46.3 Å². The van der Waals surface area contributed by atoms with E-state index in [-0.39, 0.29) is 11.5 Å². The van der Waals surface area contributed by atoms with E-state index in [0.717, 1.165) is 43.4 Å². The van der Waals surface area contributed by atoms with Crippen LogP contribution < -0.4 is 18.9 Å². The highest BCUT2D eigenvalue weighted by atomic mass is 32.2. The molecule has 0 amide bonds. The van der Waals surface area contributed by atoms with E-state index in [1.165, 1.54) is 24.3 Å². The Labute approximate surface area is 262 Å². The van der Waals surface area contributed by atoms with Gasteiger partial charge in [-0.3, -0.25) is 0 Å². The van der Waals surface area contributed by atoms with E-state index in [1.54, 1.807) is 12.1 Å². The minimum Gasteiger partial charge on any atom is -0.483 e. The van der Waals surface area contributed by atoms with Crippen molar-refractivity contribution in [3.63, 3.8) is 0 Å². The maximum Gasteiger partial charge on any atom is 0.573 e. The first-order chi connectivity index (χ1) is 21.2. The van der Waals surface area contributed by atoms with Crippen LogP contribution in [-0.2, 0) is 10.9 Å². The molecule has 244 valence electrons. The van der Waals surface area contributed by atoms with Gasteiger partial charge in [-0.05, 0) is 102 Å². The zero-order valence-electron chi connectivity index (χ0n) is 25.2. The van der Waals surface area contributed by atoms with Gasteiger partial charge in [-0.2, -0.15) is 0 Å². The predicted octanol–water partition coefficient (Wildman–Crippen LogP) is 10.8. The van der Waals surface area contributed by atoms with E-state index in [4.69, 9.17) is 9.47 Å². The van der Waals surface area contributed by atoms with Crippen LogP contribution in [0, 0.1) is 0 Å². The zero-order valence-corrected chi connectivity index (χ0v) is 26.0. The topological polar surface area (TPSA) is 36.9 Å². The Hall–Kier alpha value is -3.21. The van der Waals surface area contributed by atoms with Crippen LogP contribution in [0.5, 0.6) is 23.0 Å². The second-order valence-electron chi connectivity index (χ2n) is 12.2. The van der Waals surface area contributed by atoms with E-state index >= 15 is 0 Å². The summed E-state index contributed by atoms with van der Waals surface area (Å²) in [5.41, 5.74) is -1.34. The number of alkyl halides is 6. The number of hydrogen-bond donors (Lipinski definition) is 0. The molecule has 2 saturated carbocycles. The summed E-state index contributed by atoms with van der Waals surface area (Å²) in [7, 11) is -0.972. The molecule has 11 heteroatoms. The average molecular weight is 656 g/mol. The van der Waals surface area contributed by atoms with Gasteiger partial charge in [0.05, 0.1) is 10.9 Å². The van der Waals surface area contributed by atoms with Gasteiger partial charge in [0.15, 0.2) is 37.7 Å². The molecule has 0 unspecified atom stereocenters. The summed E-state index contributed by atoms with van der Waals surface area (Å²) in [6.07, 6.45) is -1.46. The minimum absolute atomic E-state index is 0.0362. The summed E-state index contributed by atoms with van der Waals surface area (Å²) in [5, 5.41) is 0. The van der Waals surface area contributed by atoms with Crippen molar-refractivity contribution in [2.45, 2.75) is 117 Å². The lowest BCUT2D eigenvalue weighted by Crippen LogP contribution is -2.35. The van der Waals surface area contributed by atoms with Crippen LogP contribution in [0.1, 0.15) is 78.1 Å². The van der Waals surface area contributed by atoms with Gasteiger partial charge in [0, 0.05) is 12.1 Å². The molecule has 2 aliphatic carbocycles. The van der Waals surface area contributed by atoms with Crippen molar-refractivity contribution >= 4 is 10.9 Å². The second-order valence-corrected chi connectivity index (χ2v) is 14.2. The van der Waals surface area contributed by atoms with Crippen LogP contribution in [0.2, 0.25) is 0 Å². The first-order valence-corrected chi connectivity index (χ1v) is 16.4. The largest absolute Gasteiger partial charge is 0.573 e. The summed E-state index contributed by atoms with van der Waals surface area (Å²) >= 11 is 0. The Kier molecular flexibility index (Phi) is 9.77. The summed E-state index contributed by atoms with van der Waals surface area (Å²) in [4.78, 5) is 2.00. The molecule has 0 radical (unpaired) electrons. The highest BCUT2D eigenvalue weighted by Crippen LogP contribution is 2.45. The van der Waals surface area contributed by atoms with Crippen molar-refractivity contribution < 1.29 is 45.3 Å². The molecule has 0 aliphatic heterocycles. The quantitative estimate of drug-likeness (QED) is 0.170. The molecule has 0 saturated heterocycles. The highest BCUT2D eigenvalue weighted by molar-refractivity contribution is 7.97. The molecule has 3 aromatic rings. The van der Waals surface area contributed by atoms with Gasteiger partial charge < -0.3 is 18.9 Å². The predicted molar refractivity (Wildman–Crippen MR) is 159 cm³/mol. The molecular formula is C34H37F6O4S+. The summed E-state index contributed by atoms with van der Waals surface area (Å²) in [6, 6.07) is 17.9. The first-order valence-electron chi connectivity index (χ1n) is 15.2. The van der Waals surface area contributed by atoms with Crippen LogP contribution in [0.15, 0.2) is 81.4 Å². The van der Waals surface area contributed by atoms with Gasteiger partial charge in [-0.25, -0.2) is 0 Å². The summed E-state index contributed by atoms with van der Waals surface area (Å²) in [5.74, 6) is -0.965. The number of ether oxygens (including phenoxy) is 4. The monoisotopic (exact) mass is 655 g/mol. The molecule has 0 atom stereocenters. The molecule has 0 N–H and O–H groups in total. The standard InChI is InChI=1S/C34H37F6O4S/c1-31(18-8-4-9-19-31)41-29-22-25(14-16-27(29)43-33(35,36)37)45(24-12-6-3-7-13-24)26-15-17-28(44-34(38,39)40)30(23-26)42-32(2)20-10-5-11-21-32/h3,6-7,12-17,22-23H,4-5,8-11,18-21H2,1-2H3/q+1. The van der Waals surface area contributed by atoms with Gasteiger partial charge in [0.1, 0.15) is 11.2 Å². The third-order valence-electron chi connectivity index (χ3n) is 8.27. The Morgan fingerprint density at radius 2 is 0.911 bits per heavy atom. The average Bonchev–Trinajstić information content (AvgIpc) is 2.95. The smallest absolute Gasteiger partial charge is 0.483 e.